The molecule has 0 aliphatic carbocycles. The Morgan fingerprint density at radius 1 is 0.773 bits per heavy atom. The molecule has 0 spiro atoms. The molecule has 0 aliphatic heterocycles. The second-order valence-corrected chi connectivity index (χ2v) is 7.65. The molecule has 0 aromatic rings. The van der Waals surface area contributed by atoms with Crippen LogP contribution in [0.5, 0.6) is 0 Å². The summed E-state index contributed by atoms with van der Waals surface area (Å²) in [5, 5.41) is -7.08. The van der Waals surface area contributed by atoms with Crippen LogP contribution >= 0.6 is 0 Å². The van der Waals surface area contributed by atoms with Gasteiger partial charge in [0.25, 0.3) is 10.0 Å². The molecule has 0 unspecified atom stereocenters. The zero-order valence-electron chi connectivity index (χ0n) is 10.1. The summed E-state index contributed by atoms with van der Waals surface area (Å²) in [6.07, 6.45) is -7.22. The van der Waals surface area contributed by atoms with Crippen LogP contribution in [0.4, 0.5) is 39.5 Å². The first-order chi connectivity index (χ1) is 9.27. The maximum Gasteiger partial charge on any atom is 0.460 e. The van der Waals surface area contributed by atoms with E-state index in [-0.39, 0.29) is 4.13 Å². The lowest BCUT2D eigenvalue weighted by Gasteiger charge is -2.32. The number of hydrogen-bond donors (Lipinski definition) is 1. The van der Waals surface area contributed by atoms with Crippen molar-refractivity contribution in [1.82, 2.24) is 4.13 Å². The molecule has 16 heteroatoms. The largest absolute Gasteiger partial charge is 0.460 e. The molecule has 22 heavy (non-hydrogen) atoms. The third kappa shape index (κ3) is 3.27. The highest BCUT2D eigenvalue weighted by Gasteiger charge is 2.85. The van der Waals surface area contributed by atoms with Crippen LogP contribution in [-0.4, -0.2) is 45.9 Å². The van der Waals surface area contributed by atoms with Gasteiger partial charge >= 0.3 is 23.3 Å². The average Bonchev–Trinajstić information content (AvgIpc) is 2.25. The van der Waals surface area contributed by atoms with E-state index in [9.17, 15) is 56.3 Å². The summed E-state index contributed by atoms with van der Waals surface area (Å²) in [7, 11) is -12.3. The summed E-state index contributed by atoms with van der Waals surface area (Å²) < 4.78 is 155. The van der Waals surface area contributed by atoms with Gasteiger partial charge in [-0.15, -0.1) is 4.13 Å². The third-order valence-corrected chi connectivity index (χ3v) is 5.65. The van der Waals surface area contributed by atoms with E-state index in [2.05, 4.69) is 0 Å². The fraction of sp³-hybridized carbons (Fsp3) is 1.00. The number of rotatable bonds is 6. The van der Waals surface area contributed by atoms with Crippen molar-refractivity contribution < 1.29 is 56.3 Å². The predicted octanol–water partition coefficient (Wildman–Crippen LogP) is 1.68. The normalized spacial score (nSPS) is 15.9. The summed E-state index contributed by atoms with van der Waals surface area (Å²) in [6, 6.07) is 0. The van der Waals surface area contributed by atoms with Crippen molar-refractivity contribution >= 4 is 20.0 Å². The Morgan fingerprint density at radius 2 is 1.14 bits per heavy atom. The van der Waals surface area contributed by atoms with Crippen molar-refractivity contribution in [1.29, 1.82) is 0 Å². The molecule has 0 rings (SSSR count). The van der Waals surface area contributed by atoms with Gasteiger partial charge in [-0.1, -0.05) is 0 Å². The van der Waals surface area contributed by atoms with Crippen molar-refractivity contribution in [2.24, 2.45) is 0 Å². The third-order valence-electron chi connectivity index (χ3n) is 2.07. The number of halogens is 9. The Labute approximate surface area is 117 Å². The molecule has 0 atom stereocenters. The highest BCUT2D eigenvalue weighted by Crippen LogP contribution is 2.54. The summed E-state index contributed by atoms with van der Waals surface area (Å²) in [5.41, 5.74) is 0. The van der Waals surface area contributed by atoms with Crippen molar-refractivity contribution in [3.8, 4) is 0 Å². The molecule has 5 nitrogen and oxygen atoms in total. The van der Waals surface area contributed by atoms with Gasteiger partial charge in [0.15, 0.2) is 0 Å². The molecule has 0 aromatic heterocycles. The zero-order valence-corrected chi connectivity index (χ0v) is 11.7. The highest BCUT2D eigenvalue weighted by molar-refractivity contribution is 8.05. The summed E-state index contributed by atoms with van der Waals surface area (Å²) in [6.45, 7) is 0.651. The quantitative estimate of drug-likeness (QED) is 0.699. The van der Waals surface area contributed by atoms with E-state index in [0.717, 1.165) is 0 Å². The van der Waals surface area contributed by atoms with E-state index >= 15 is 0 Å². The second-order valence-electron chi connectivity index (χ2n) is 3.65. The Hall–Kier alpha value is -0.770. The van der Waals surface area contributed by atoms with Gasteiger partial charge in [0.2, 0.25) is 10.0 Å². The lowest BCUT2D eigenvalue weighted by atomic mass is 10.1. The van der Waals surface area contributed by atoms with Crippen LogP contribution in [0.2, 0.25) is 0 Å². The first kappa shape index (κ1) is 21.2. The monoisotopic (exact) mass is 391 g/mol. The van der Waals surface area contributed by atoms with E-state index in [0.29, 0.717) is 6.92 Å². The lowest BCUT2D eigenvalue weighted by molar-refractivity contribution is -0.382. The topological polar surface area (TPSA) is 80.3 Å². The van der Waals surface area contributed by atoms with Crippen molar-refractivity contribution in [2.45, 2.75) is 30.2 Å². The first-order valence-corrected chi connectivity index (χ1v) is 7.86. The number of alkyl halides is 9. The van der Waals surface area contributed by atoms with E-state index in [1.165, 1.54) is 0 Å². The number of sulfonamides is 2. The standard InChI is InChI=1S/C6H6F9NO4S2/c1-2-21(17,18)16-22(19,20)6(14,15)4(9,10)3(7,8)5(11,12)13/h16H,2H2,1H3. The summed E-state index contributed by atoms with van der Waals surface area (Å²) in [4.78, 5) is 0. The van der Waals surface area contributed by atoms with Gasteiger partial charge < -0.3 is 0 Å². The second kappa shape index (κ2) is 5.40. The van der Waals surface area contributed by atoms with Gasteiger partial charge in [0.1, 0.15) is 0 Å². The molecule has 0 saturated carbocycles. The van der Waals surface area contributed by atoms with Crippen LogP contribution in [0.15, 0.2) is 0 Å². The van der Waals surface area contributed by atoms with Gasteiger partial charge in [0.05, 0.1) is 5.75 Å². The molecular formula is C6H6F9NO4S2. The molecule has 0 amide bonds. The predicted molar refractivity (Wildman–Crippen MR) is 52.4 cm³/mol. The van der Waals surface area contributed by atoms with E-state index in [4.69, 9.17) is 0 Å². The minimum absolute atomic E-state index is 0.0340. The van der Waals surface area contributed by atoms with Gasteiger partial charge in [-0.2, -0.15) is 39.5 Å². The summed E-state index contributed by atoms with van der Waals surface area (Å²) in [5.74, 6) is -16.2. The van der Waals surface area contributed by atoms with E-state index < -0.39 is 49.1 Å². The number of hydrogen-bond acceptors (Lipinski definition) is 4. The molecule has 0 aromatic carbocycles. The molecule has 1 N–H and O–H groups in total. The van der Waals surface area contributed by atoms with Crippen LogP contribution in [0.3, 0.4) is 0 Å². The molecule has 0 aliphatic rings. The minimum atomic E-state index is -7.48. The molecule has 0 radical (unpaired) electrons. The fourth-order valence-corrected chi connectivity index (χ4v) is 3.50. The maximum atomic E-state index is 13.0. The molecule has 0 fully saturated rings. The van der Waals surface area contributed by atoms with Gasteiger partial charge in [-0.3, -0.25) is 0 Å². The van der Waals surface area contributed by atoms with Gasteiger partial charge in [-0.25, -0.2) is 16.8 Å². The van der Waals surface area contributed by atoms with Crippen LogP contribution in [0, 0.1) is 0 Å². The smallest absolute Gasteiger partial charge is 0.211 e. The summed E-state index contributed by atoms with van der Waals surface area (Å²) >= 11 is 0. The van der Waals surface area contributed by atoms with E-state index in [1.54, 1.807) is 0 Å². The van der Waals surface area contributed by atoms with Crippen LogP contribution in [0.25, 0.3) is 0 Å². The van der Waals surface area contributed by atoms with Gasteiger partial charge in [0, 0.05) is 0 Å². The lowest BCUT2D eigenvalue weighted by Crippen LogP contribution is -2.65. The first-order valence-electron chi connectivity index (χ1n) is 4.73. The molecule has 0 saturated heterocycles. The van der Waals surface area contributed by atoms with Crippen molar-refractivity contribution in [2.75, 3.05) is 5.75 Å². The maximum absolute atomic E-state index is 13.0. The van der Waals surface area contributed by atoms with Crippen LogP contribution < -0.4 is 4.13 Å². The molecule has 134 valence electrons. The van der Waals surface area contributed by atoms with Crippen molar-refractivity contribution in [3.05, 3.63) is 0 Å². The molecule has 0 bridgehead atoms. The Kier molecular flexibility index (Phi) is 5.21. The molecular weight excluding hydrogens is 385 g/mol. The minimum Gasteiger partial charge on any atom is -0.211 e. The molecule has 0 heterocycles. The zero-order chi connectivity index (χ0) is 18.4. The van der Waals surface area contributed by atoms with Crippen LogP contribution in [-0.2, 0) is 20.0 Å². The number of nitrogens with one attached hydrogen (secondary N) is 1. The SMILES string of the molecule is CCS(=O)(=O)NS(=O)(=O)C(F)(F)C(F)(F)C(F)(F)C(F)(F)F. The Balaban J connectivity index is 6.13. The highest BCUT2D eigenvalue weighted by atomic mass is 32.3. The average molecular weight is 391 g/mol. The van der Waals surface area contributed by atoms with Crippen molar-refractivity contribution in [3.63, 3.8) is 0 Å². The Bertz CT molecular complexity index is 621. The van der Waals surface area contributed by atoms with E-state index in [1.807, 2.05) is 0 Å². The fourth-order valence-electron chi connectivity index (χ4n) is 0.808. The van der Waals surface area contributed by atoms with Crippen LogP contribution in [0.1, 0.15) is 6.92 Å². The Morgan fingerprint density at radius 3 is 1.41 bits per heavy atom. The van der Waals surface area contributed by atoms with Gasteiger partial charge in [-0.05, 0) is 6.92 Å².